The van der Waals surface area contributed by atoms with Gasteiger partial charge in [0.2, 0.25) is 18.6 Å². The normalized spacial score (nSPS) is 17.3. The topological polar surface area (TPSA) is 109 Å². The van der Waals surface area contributed by atoms with Crippen molar-refractivity contribution in [3.8, 4) is 17.2 Å². The Balaban J connectivity index is 1.31. The molecule has 0 saturated carbocycles. The van der Waals surface area contributed by atoms with Gasteiger partial charge in [-0.3, -0.25) is 8.97 Å². The van der Waals surface area contributed by atoms with Crippen LogP contribution in [0.3, 0.4) is 0 Å². The Bertz CT molecular complexity index is 3880. The van der Waals surface area contributed by atoms with Gasteiger partial charge in [0.05, 0.1) is 22.1 Å². The average molecular weight is 910 g/mol. The number of hydrogen-bond donors (Lipinski definition) is 0. The van der Waals surface area contributed by atoms with Gasteiger partial charge in [0.25, 0.3) is 0 Å². The van der Waals surface area contributed by atoms with Crippen LogP contribution in [0.25, 0.3) is 33.5 Å². The Morgan fingerprint density at radius 3 is 1.77 bits per heavy atom. The Hall–Kier alpha value is -7.46. The molecule has 0 aliphatic carbocycles. The van der Waals surface area contributed by atoms with Crippen LogP contribution < -0.4 is 36.4 Å². The average Bonchev–Trinajstić information content (AvgIpc) is 4.41. The summed E-state index contributed by atoms with van der Waals surface area (Å²) < 4.78 is 137. The molecule has 0 amide bonds. The van der Waals surface area contributed by atoms with E-state index < -0.39 is 65.7 Å². The minimum Gasteiger partial charge on any atom is -0.457 e. The molecule has 7 aromatic carbocycles. The quantitative estimate of drug-likeness (QED) is 0.110. The molecule has 5 heterocycles. The van der Waals surface area contributed by atoms with Crippen LogP contribution in [-0.2, 0) is 4.66 Å². The monoisotopic (exact) mass is 909 g/mol. The first-order chi connectivity index (χ1) is 36.8. The maximum Gasteiger partial charge on any atom is 0.220 e. The Morgan fingerprint density at radius 2 is 1.11 bits per heavy atom. The fourth-order valence-electron chi connectivity index (χ4n) is 10.3. The van der Waals surface area contributed by atoms with Crippen molar-refractivity contribution in [2.24, 2.45) is 0 Å². The summed E-state index contributed by atoms with van der Waals surface area (Å²) >= 11 is 0. The maximum absolute atomic E-state index is 9.81. The van der Waals surface area contributed by atoms with Crippen molar-refractivity contribution < 1.29 is 30.2 Å². The lowest BCUT2D eigenvalue weighted by atomic mass is 9.98. The van der Waals surface area contributed by atoms with Crippen molar-refractivity contribution in [1.82, 2.24) is 34.2 Å². The smallest absolute Gasteiger partial charge is 0.220 e. The second kappa shape index (κ2) is 14.5. The van der Waals surface area contributed by atoms with E-state index in [0.29, 0.717) is 11.0 Å². The third kappa shape index (κ3) is 5.34. The Labute approximate surface area is 394 Å². The van der Waals surface area contributed by atoms with Crippen molar-refractivity contribution in [3.05, 3.63) is 200 Å². The van der Waals surface area contributed by atoms with Gasteiger partial charge < -0.3 is 13.8 Å². The second-order valence-electron chi connectivity index (χ2n) is 16.1. The molecule has 0 radical (unpaired) electrons. The Morgan fingerprint density at radius 1 is 0.538 bits per heavy atom. The van der Waals surface area contributed by atoms with E-state index in [-0.39, 0.29) is 22.6 Å². The van der Waals surface area contributed by atoms with Gasteiger partial charge in [-0.25, -0.2) is 15.0 Å². The van der Waals surface area contributed by atoms with Crippen LogP contribution in [0.1, 0.15) is 27.6 Å². The molecule has 13 heteroatoms. The summed E-state index contributed by atoms with van der Waals surface area (Å²) in [6, 6.07) is 53.7. The zero-order chi connectivity index (χ0) is 54.0. The molecule has 65 heavy (non-hydrogen) atoms. The van der Waals surface area contributed by atoms with E-state index in [9.17, 15) is 16.4 Å². The van der Waals surface area contributed by atoms with Crippen molar-refractivity contribution in [2.45, 2.75) is 30.6 Å². The van der Waals surface area contributed by atoms with Crippen LogP contribution in [0.2, 0.25) is 25.9 Å². The van der Waals surface area contributed by atoms with E-state index in [0.717, 1.165) is 56.1 Å². The highest BCUT2D eigenvalue weighted by Gasteiger charge is 2.67. The molecule has 1 aliphatic heterocycles. The molecule has 1 aliphatic rings. The van der Waals surface area contributed by atoms with Crippen molar-refractivity contribution in [1.29, 1.82) is 0 Å². The molecule has 4 aromatic heterocycles. The second-order valence-corrected chi connectivity index (χ2v) is 25.8. The number of benzene rings is 7. The van der Waals surface area contributed by atoms with Gasteiger partial charge in [0.15, 0.2) is 8.07 Å². The highest BCUT2D eigenvalue weighted by atomic mass is 28.4. The Kier molecular flexibility index (Phi) is 6.34. The lowest BCUT2D eigenvalue weighted by Crippen LogP contribution is -2.78. The highest BCUT2D eigenvalue weighted by molar-refractivity contribution is 7.20. The number of hydrogen-bond acceptors (Lipinski definition) is 8. The van der Waals surface area contributed by atoms with Gasteiger partial charge in [-0.05, 0) is 63.2 Å². The number of imidazole rings is 2. The highest BCUT2D eigenvalue weighted by Crippen LogP contribution is 2.56. The summed E-state index contributed by atoms with van der Waals surface area (Å²) in [6.07, 6.45) is 1.52. The fourth-order valence-corrected chi connectivity index (χ4v) is 22.1. The van der Waals surface area contributed by atoms with E-state index in [4.69, 9.17) is 18.8 Å². The zero-order valence-corrected chi connectivity index (χ0v) is 37.3. The van der Waals surface area contributed by atoms with Crippen LogP contribution in [0.5, 0.6) is 11.5 Å². The number of nitrogens with zero attached hydrogens (tertiary/aromatic N) is 7. The molecule has 0 bridgehead atoms. The van der Waals surface area contributed by atoms with Crippen molar-refractivity contribution in [2.75, 3.05) is 0 Å². The number of rotatable bonds is 9. The molecule has 0 spiro atoms. The zero-order valence-electron chi connectivity index (χ0n) is 46.3. The molecule has 0 atom stereocenters. The lowest BCUT2D eigenvalue weighted by molar-refractivity contribution is 0.419. The molecule has 0 saturated heterocycles. The molecule has 12 rings (SSSR count). The van der Waals surface area contributed by atoms with Crippen LogP contribution in [0.4, 0.5) is 0 Å². The molecule has 11 aromatic rings. The van der Waals surface area contributed by atoms with E-state index in [1.807, 2.05) is 133 Å². The number of fused-ring (bicyclic) bond motifs is 7. The summed E-state index contributed by atoms with van der Waals surface area (Å²) in [5, 5.41) is 10.8. The third-order valence-electron chi connectivity index (χ3n) is 12.9. The molecular formula is C52H43N7O3Si3. The third-order valence-corrected chi connectivity index (χ3v) is 25.0. The number of aromatic nitrogens is 7. The van der Waals surface area contributed by atoms with Crippen LogP contribution in [0, 0.1) is 0 Å². The first-order valence-electron chi connectivity index (χ1n) is 26.8. The van der Waals surface area contributed by atoms with Crippen molar-refractivity contribution >= 4 is 83.7 Å². The molecule has 0 fully saturated rings. The minimum absolute atomic E-state index is 0.146. The van der Waals surface area contributed by atoms with E-state index in [2.05, 4.69) is 35.3 Å². The van der Waals surface area contributed by atoms with Crippen molar-refractivity contribution in [3.63, 3.8) is 0 Å². The van der Waals surface area contributed by atoms with Crippen LogP contribution in [-0.4, -0.2) is 58.5 Å². The van der Waals surface area contributed by atoms with Gasteiger partial charge in [0.1, 0.15) is 38.5 Å². The molecule has 316 valence electrons. The first-order valence-corrected chi connectivity index (χ1v) is 26.8. The summed E-state index contributed by atoms with van der Waals surface area (Å²) in [6.45, 7) is -15.1. The van der Waals surface area contributed by atoms with Gasteiger partial charge in [-0.1, -0.05) is 170 Å². The van der Waals surface area contributed by atoms with Gasteiger partial charge in [-0.2, -0.15) is 0 Å². The van der Waals surface area contributed by atoms with Gasteiger partial charge in [-0.15, -0.1) is 0 Å². The summed E-state index contributed by atoms with van der Waals surface area (Å²) in [5.74, 6) is 0.305. The SMILES string of the molecule is [2H]C([2H])([2H])[Si](c1ncon1)(C([2H])([2H])[2H])C1([Si](c2ncon2)(C([2H])([2H])[2H])C([2H])([2H])[2H])c2ccccc2Oc2c1cccc2[Si](c1ccccc1)(c1ccccc1)c1cccc(-n2c3ccccc3n3c4ccccc4nc23)c1. The lowest BCUT2D eigenvalue weighted by Gasteiger charge is -2.55. The maximum atomic E-state index is 9.81. The molecule has 0 unspecified atom stereocenters. The van der Waals surface area contributed by atoms with Gasteiger partial charge in [0, 0.05) is 37.9 Å². The van der Waals surface area contributed by atoms with E-state index >= 15 is 0 Å². The summed E-state index contributed by atoms with van der Waals surface area (Å²) in [5.41, 5.74) is 1.80. The molecule has 0 N–H and O–H groups in total. The van der Waals surface area contributed by atoms with Crippen LogP contribution >= 0.6 is 0 Å². The fraction of sp³-hybridized carbons (Fsp3) is 0.0962. The summed E-state index contributed by atoms with van der Waals surface area (Å²) in [7, 11) is -16.9. The van der Waals surface area contributed by atoms with Crippen LogP contribution in [0.15, 0.2) is 198 Å². The molecule has 10 nitrogen and oxygen atoms in total. The first kappa shape index (κ1) is 28.4. The number of ether oxygens (including phenoxy) is 1. The largest absolute Gasteiger partial charge is 0.457 e. The standard InChI is InChI=1S/C52H43N7O3Si3/c1-63(2,49-53-34-60-56-49)52(64(3,4)50-54-35-61-57-50)40-25-11-16-31-46(40)62-48-41(52)26-18-32-47(48)65(37-20-7-5-8-21-37,38-22-9-6-10-23-38)39-24-17-19-36(33-39)58-44-29-14-15-30-45(44)59-43-28-13-12-27-42(43)55-51(58)59/h5-35H,1-4H3/i1D3,2D3,3D3,4D3. The summed E-state index contributed by atoms with van der Waals surface area (Å²) in [4.78, 5) is 13.7. The predicted molar refractivity (Wildman–Crippen MR) is 263 cm³/mol. The van der Waals surface area contributed by atoms with Gasteiger partial charge >= 0.3 is 0 Å². The molecular weight excluding hydrogens is 855 g/mol. The van der Waals surface area contributed by atoms with E-state index in [1.54, 1.807) is 12.1 Å². The van der Waals surface area contributed by atoms with E-state index in [1.165, 1.54) is 24.3 Å². The predicted octanol–water partition coefficient (Wildman–Crippen LogP) is 7.28. The number of para-hydroxylation sites is 6. The minimum atomic E-state index is -6.39.